The molecule has 0 saturated carbocycles. The maximum atomic E-state index is 11.5. The number of halogens is 1. The highest BCUT2D eigenvalue weighted by Gasteiger charge is 2.24. The normalized spacial score (nSPS) is 13.2. The van der Waals surface area contributed by atoms with E-state index in [1.165, 1.54) is 11.3 Å². The summed E-state index contributed by atoms with van der Waals surface area (Å²) in [5.41, 5.74) is 1.98. The second-order valence-electron chi connectivity index (χ2n) is 6.59. The van der Waals surface area contributed by atoms with Crippen molar-refractivity contribution in [1.29, 1.82) is 0 Å². The summed E-state index contributed by atoms with van der Waals surface area (Å²) in [5.74, 6) is 1.21. The molecule has 1 aliphatic heterocycles. The topological polar surface area (TPSA) is 60.5 Å². The van der Waals surface area contributed by atoms with Crippen LogP contribution in [0.3, 0.4) is 0 Å². The number of ether oxygens (including phenoxy) is 2. The van der Waals surface area contributed by atoms with Crippen molar-refractivity contribution in [1.82, 2.24) is 4.98 Å². The molecular formula is C17H19ClN2O3S. The van der Waals surface area contributed by atoms with Crippen molar-refractivity contribution < 1.29 is 14.3 Å². The third-order valence-electron chi connectivity index (χ3n) is 3.58. The zero-order valence-electron chi connectivity index (χ0n) is 13.8. The second kappa shape index (κ2) is 6.61. The van der Waals surface area contributed by atoms with Crippen molar-refractivity contribution in [3.05, 3.63) is 34.3 Å². The van der Waals surface area contributed by atoms with Crippen LogP contribution in [0, 0.1) is 0 Å². The average Bonchev–Trinajstić information content (AvgIpc) is 3.13. The molecule has 2 aromatic rings. The van der Waals surface area contributed by atoms with E-state index in [0.29, 0.717) is 5.13 Å². The highest BCUT2D eigenvalue weighted by Crippen LogP contribution is 2.36. The van der Waals surface area contributed by atoms with Crippen LogP contribution in [0.15, 0.2) is 18.2 Å². The summed E-state index contributed by atoms with van der Waals surface area (Å²) in [6.07, 6.45) is 0.720. The Kier molecular flexibility index (Phi) is 4.69. The number of alkyl halides is 1. The minimum Gasteiger partial charge on any atom is -0.454 e. The minimum absolute atomic E-state index is 0.0814. The van der Waals surface area contributed by atoms with Crippen LogP contribution in [0.5, 0.6) is 11.5 Å². The fourth-order valence-electron chi connectivity index (χ4n) is 2.50. The summed E-state index contributed by atoms with van der Waals surface area (Å²) in [7, 11) is 0. The predicted molar refractivity (Wildman–Crippen MR) is 95.5 cm³/mol. The number of hydrogen-bond acceptors (Lipinski definition) is 5. The summed E-state index contributed by atoms with van der Waals surface area (Å²) in [6, 6.07) is 5.94. The first-order valence-electron chi connectivity index (χ1n) is 7.61. The smallest absolute Gasteiger partial charge is 0.241 e. The maximum absolute atomic E-state index is 11.5. The van der Waals surface area contributed by atoms with Gasteiger partial charge in [-0.3, -0.25) is 4.79 Å². The van der Waals surface area contributed by atoms with E-state index in [4.69, 9.17) is 21.1 Å². The van der Waals surface area contributed by atoms with Crippen LogP contribution in [0.2, 0.25) is 0 Å². The molecule has 0 radical (unpaired) electrons. The molecule has 1 N–H and O–H groups in total. The first kappa shape index (κ1) is 17.0. The van der Waals surface area contributed by atoms with E-state index >= 15 is 0 Å². The van der Waals surface area contributed by atoms with Crippen LogP contribution in [0.1, 0.15) is 36.9 Å². The van der Waals surface area contributed by atoms with Crippen molar-refractivity contribution >= 4 is 34.0 Å². The lowest BCUT2D eigenvalue weighted by Crippen LogP contribution is -2.15. The standard InChI is InChI=1S/C17H19ClN2O3S/c1-17(2,3)15-13(24-16(20-15)19-14(21)8-18)7-10-4-5-11-12(6-10)23-9-22-11/h4-6H,7-9H2,1-3H3,(H,19,20,21). The molecule has 7 heteroatoms. The molecule has 0 fully saturated rings. The van der Waals surface area contributed by atoms with E-state index in [1.807, 2.05) is 18.2 Å². The SMILES string of the molecule is CC(C)(C)c1nc(NC(=O)CCl)sc1Cc1ccc2c(c1)OCO2. The van der Waals surface area contributed by atoms with Crippen LogP contribution in [0.25, 0.3) is 0 Å². The molecule has 1 aromatic heterocycles. The van der Waals surface area contributed by atoms with Gasteiger partial charge < -0.3 is 14.8 Å². The van der Waals surface area contributed by atoms with E-state index < -0.39 is 0 Å². The number of hydrogen-bond donors (Lipinski definition) is 1. The Morgan fingerprint density at radius 2 is 2.08 bits per heavy atom. The van der Waals surface area contributed by atoms with Gasteiger partial charge in [0.2, 0.25) is 12.7 Å². The van der Waals surface area contributed by atoms with Gasteiger partial charge in [-0.25, -0.2) is 4.98 Å². The highest BCUT2D eigenvalue weighted by molar-refractivity contribution is 7.16. The van der Waals surface area contributed by atoms with Crippen LogP contribution in [0.4, 0.5) is 5.13 Å². The van der Waals surface area contributed by atoms with E-state index in [1.54, 1.807) is 0 Å². The Balaban J connectivity index is 1.89. The molecule has 24 heavy (non-hydrogen) atoms. The van der Waals surface area contributed by atoms with Gasteiger partial charge in [0.05, 0.1) is 5.69 Å². The van der Waals surface area contributed by atoms with Gasteiger partial charge in [0.15, 0.2) is 16.6 Å². The second-order valence-corrected chi connectivity index (χ2v) is 7.94. The Labute approximate surface area is 150 Å². The van der Waals surface area contributed by atoms with E-state index in [9.17, 15) is 4.79 Å². The fourth-order valence-corrected chi connectivity index (χ4v) is 3.79. The number of aromatic nitrogens is 1. The number of carbonyl (C=O) groups excluding carboxylic acids is 1. The summed E-state index contributed by atoms with van der Waals surface area (Å²) in [5, 5.41) is 3.33. The fraction of sp³-hybridized carbons (Fsp3) is 0.412. The molecule has 0 unspecified atom stereocenters. The first-order valence-corrected chi connectivity index (χ1v) is 8.96. The van der Waals surface area contributed by atoms with Crippen molar-refractivity contribution in [3.63, 3.8) is 0 Å². The Bertz CT molecular complexity index is 768. The molecule has 2 heterocycles. The third-order valence-corrected chi connectivity index (χ3v) is 4.79. The molecule has 128 valence electrons. The van der Waals surface area contributed by atoms with Crippen molar-refractivity contribution in [2.24, 2.45) is 0 Å². The van der Waals surface area contributed by atoms with E-state index in [2.05, 4.69) is 31.1 Å². The maximum Gasteiger partial charge on any atom is 0.241 e. The zero-order chi connectivity index (χ0) is 17.3. The van der Waals surface area contributed by atoms with E-state index in [0.717, 1.165) is 34.1 Å². The predicted octanol–water partition coefficient (Wildman–Crippen LogP) is 3.94. The molecule has 1 amide bonds. The van der Waals surface area contributed by atoms with Crippen LogP contribution < -0.4 is 14.8 Å². The molecule has 0 spiro atoms. The van der Waals surface area contributed by atoms with Crippen LogP contribution >= 0.6 is 22.9 Å². The molecule has 0 aliphatic carbocycles. The number of fused-ring (bicyclic) bond motifs is 1. The van der Waals surface area contributed by atoms with Crippen LogP contribution in [-0.2, 0) is 16.6 Å². The number of amides is 1. The van der Waals surface area contributed by atoms with E-state index in [-0.39, 0.29) is 24.0 Å². The average molecular weight is 367 g/mol. The van der Waals surface area contributed by atoms with Crippen molar-refractivity contribution in [3.8, 4) is 11.5 Å². The Morgan fingerprint density at radius 3 is 2.79 bits per heavy atom. The Morgan fingerprint density at radius 1 is 1.33 bits per heavy atom. The monoisotopic (exact) mass is 366 g/mol. The highest BCUT2D eigenvalue weighted by atomic mass is 35.5. The summed E-state index contributed by atoms with van der Waals surface area (Å²) < 4.78 is 10.8. The molecule has 0 atom stereocenters. The molecule has 1 aromatic carbocycles. The lowest BCUT2D eigenvalue weighted by atomic mass is 9.90. The third kappa shape index (κ3) is 3.65. The lowest BCUT2D eigenvalue weighted by molar-refractivity contribution is -0.113. The van der Waals surface area contributed by atoms with Crippen LogP contribution in [-0.4, -0.2) is 23.6 Å². The van der Waals surface area contributed by atoms with Gasteiger partial charge in [-0.15, -0.1) is 22.9 Å². The quantitative estimate of drug-likeness (QED) is 0.832. The van der Waals surface area contributed by atoms with Gasteiger partial charge in [0.1, 0.15) is 5.88 Å². The van der Waals surface area contributed by atoms with Gasteiger partial charge >= 0.3 is 0 Å². The van der Waals surface area contributed by atoms with Gasteiger partial charge in [0.25, 0.3) is 0 Å². The number of nitrogens with one attached hydrogen (secondary N) is 1. The molecule has 0 saturated heterocycles. The van der Waals surface area contributed by atoms with Gasteiger partial charge in [0, 0.05) is 16.7 Å². The van der Waals surface area contributed by atoms with Crippen molar-refractivity contribution in [2.45, 2.75) is 32.6 Å². The Hall–Kier alpha value is -1.79. The molecule has 5 nitrogen and oxygen atoms in total. The summed E-state index contributed by atoms with van der Waals surface area (Å²) in [6.45, 7) is 6.59. The molecule has 3 rings (SSSR count). The largest absolute Gasteiger partial charge is 0.454 e. The lowest BCUT2D eigenvalue weighted by Gasteiger charge is -2.17. The summed E-state index contributed by atoms with van der Waals surface area (Å²) in [4.78, 5) is 17.3. The first-order chi connectivity index (χ1) is 11.4. The molecular weight excluding hydrogens is 348 g/mol. The number of thiazole rings is 1. The number of rotatable bonds is 4. The number of nitrogens with zero attached hydrogens (tertiary/aromatic N) is 1. The number of benzene rings is 1. The van der Waals surface area contributed by atoms with Crippen molar-refractivity contribution in [2.75, 3.05) is 18.0 Å². The van der Waals surface area contributed by atoms with Gasteiger partial charge in [-0.05, 0) is 17.7 Å². The van der Waals surface area contributed by atoms with Gasteiger partial charge in [-0.1, -0.05) is 26.8 Å². The molecule has 0 bridgehead atoms. The number of anilines is 1. The minimum atomic E-state index is -0.250. The summed E-state index contributed by atoms with van der Waals surface area (Å²) >= 11 is 7.05. The van der Waals surface area contributed by atoms with Gasteiger partial charge in [-0.2, -0.15) is 0 Å². The molecule has 1 aliphatic rings. The zero-order valence-corrected chi connectivity index (χ0v) is 15.4. The number of carbonyl (C=O) groups is 1.